The predicted octanol–water partition coefficient (Wildman–Crippen LogP) is 3.02. The smallest absolute Gasteiger partial charge is 0.407 e. The second kappa shape index (κ2) is 9.19. The highest BCUT2D eigenvalue weighted by molar-refractivity contribution is 7.60. The third-order valence-corrected chi connectivity index (χ3v) is 6.62. The zero-order valence-corrected chi connectivity index (χ0v) is 18.3. The average Bonchev–Trinajstić information content (AvgIpc) is 3.11. The van der Waals surface area contributed by atoms with E-state index in [0.29, 0.717) is 5.56 Å². The van der Waals surface area contributed by atoms with Gasteiger partial charge in [0.25, 0.3) is 0 Å². The van der Waals surface area contributed by atoms with E-state index in [4.69, 9.17) is 4.74 Å². The molecule has 3 aromatic rings. The number of carboxylic acid groups (broad SMARTS) is 1. The van der Waals surface area contributed by atoms with Crippen molar-refractivity contribution in [2.75, 3.05) is 6.61 Å². The first kappa shape index (κ1) is 22.7. The maximum absolute atomic E-state index is 12.4. The lowest BCUT2D eigenvalue weighted by Gasteiger charge is -2.17. The number of fused-ring (bicyclic) bond motifs is 3. The van der Waals surface area contributed by atoms with Crippen molar-refractivity contribution in [1.82, 2.24) is 5.32 Å². The molecule has 3 aromatic carbocycles. The Balaban J connectivity index is 1.41. The molecule has 0 aromatic heterocycles. The number of aliphatic carboxylic acids is 1. The second-order valence-corrected chi connectivity index (χ2v) is 9.38. The van der Waals surface area contributed by atoms with Gasteiger partial charge in [-0.15, -0.1) is 0 Å². The summed E-state index contributed by atoms with van der Waals surface area (Å²) < 4.78 is 16.7. The van der Waals surface area contributed by atoms with E-state index >= 15 is 0 Å². The van der Waals surface area contributed by atoms with Gasteiger partial charge in [-0.2, -0.15) is 0 Å². The molecule has 0 heterocycles. The van der Waals surface area contributed by atoms with Crippen molar-refractivity contribution < 1.29 is 33.8 Å². The molecule has 4 rings (SSSR count). The van der Waals surface area contributed by atoms with Crippen LogP contribution < -0.4 is 10.6 Å². The molecule has 0 aliphatic heterocycles. The van der Waals surface area contributed by atoms with Crippen LogP contribution >= 0.6 is 7.60 Å². The molecule has 0 fully saturated rings. The first-order valence-corrected chi connectivity index (χ1v) is 11.8. The zero-order chi connectivity index (χ0) is 23.6. The highest BCUT2D eigenvalue weighted by atomic mass is 31.2. The summed E-state index contributed by atoms with van der Waals surface area (Å²) in [4.78, 5) is 42.4. The van der Waals surface area contributed by atoms with Gasteiger partial charge in [0.15, 0.2) is 0 Å². The summed E-state index contributed by atoms with van der Waals surface area (Å²) in [7, 11) is -4.39. The number of hydrogen-bond donors (Lipinski definition) is 4. The molecule has 33 heavy (non-hydrogen) atoms. The van der Waals surface area contributed by atoms with Crippen LogP contribution in [-0.4, -0.2) is 39.6 Å². The van der Waals surface area contributed by atoms with Gasteiger partial charge in [0, 0.05) is 12.3 Å². The Morgan fingerprint density at radius 1 is 0.909 bits per heavy atom. The molecule has 0 bridgehead atoms. The molecule has 1 atom stereocenters. The van der Waals surface area contributed by atoms with E-state index in [2.05, 4.69) is 5.32 Å². The number of carbonyl (C=O) groups excluding carboxylic acids is 1. The fraction of sp³-hybridized carbons (Fsp3) is 0.167. The number of nitrogens with one attached hydrogen (secondary N) is 1. The molecule has 170 valence electrons. The molecular weight excluding hydrogens is 445 g/mol. The molecule has 1 amide bonds. The molecule has 8 nitrogen and oxygen atoms in total. The quantitative estimate of drug-likeness (QED) is 0.393. The van der Waals surface area contributed by atoms with Gasteiger partial charge < -0.3 is 24.9 Å². The Bertz CT molecular complexity index is 1190. The minimum Gasteiger partial charge on any atom is -0.480 e. The Labute approximate surface area is 190 Å². The van der Waals surface area contributed by atoms with Crippen molar-refractivity contribution in [2.24, 2.45) is 0 Å². The molecule has 1 aliphatic carbocycles. The summed E-state index contributed by atoms with van der Waals surface area (Å²) in [6, 6.07) is 19.8. The summed E-state index contributed by atoms with van der Waals surface area (Å²) in [5.74, 6) is -1.39. The molecule has 1 aliphatic rings. The van der Waals surface area contributed by atoms with Gasteiger partial charge in [0.2, 0.25) is 0 Å². The maximum atomic E-state index is 12.4. The van der Waals surface area contributed by atoms with Gasteiger partial charge in [-0.1, -0.05) is 60.7 Å². The fourth-order valence-electron chi connectivity index (χ4n) is 4.04. The molecule has 0 unspecified atom stereocenters. The first-order chi connectivity index (χ1) is 15.7. The molecule has 9 heteroatoms. The van der Waals surface area contributed by atoms with E-state index < -0.39 is 25.7 Å². The monoisotopic (exact) mass is 467 g/mol. The van der Waals surface area contributed by atoms with Crippen molar-refractivity contribution in [3.63, 3.8) is 0 Å². The average molecular weight is 467 g/mol. The van der Waals surface area contributed by atoms with E-state index in [1.807, 2.05) is 48.5 Å². The summed E-state index contributed by atoms with van der Waals surface area (Å²) in [6.45, 7) is 0.0587. The van der Waals surface area contributed by atoms with Gasteiger partial charge >= 0.3 is 19.7 Å². The van der Waals surface area contributed by atoms with Gasteiger partial charge in [-0.25, -0.2) is 9.59 Å². The normalized spacial score (nSPS) is 13.6. The first-order valence-electron chi connectivity index (χ1n) is 10.2. The third kappa shape index (κ3) is 4.98. The van der Waals surface area contributed by atoms with E-state index in [9.17, 15) is 29.0 Å². The molecule has 0 radical (unpaired) electrons. The number of amides is 1. The lowest BCUT2D eigenvalue weighted by molar-refractivity contribution is -0.139. The number of carboxylic acids is 1. The lowest BCUT2D eigenvalue weighted by Crippen LogP contribution is -2.42. The Morgan fingerprint density at radius 3 is 1.97 bits per heavy atom. The van der Waals surface area contributed by atoms with Crippen LogP contribution in [0, 0.1) is 0 Å². The Kier molecular flexibility index (Phi) is 6.33. The van der Waals surface area contributed by atoms with E-state index in [1.165, 1.54) is 24.3 Å². The highest BCUT2D eigenvalue weighted by Gasteiger charge is 2.30. The Hall–Kier alpha value is -3.45. The number of benzene rings is 3. The topological polar surface area (TPSA) is 133 Å². The van der Waals surface area contributed by atoms with Gasteiger partial charge in [0.1, 0.15) is 12.6 Å². The van der Waals surface area contributed by atoms with Crippen LogP contribution in [0.1, 0.15) is 22.6 Å². The molecule has 0 spiro atoms. The van der Waals surface area contributed by atoms with Crippen molar-refractivity contribution in [1.29, 1.82) is 0 Å². The van der Waals surface area contributed by atoms with Crippen LogP contribution in [0.15, 0.2) is 72.8 Å². The number of carbonyl (C=O) groups is 2. The minimum atomic E-state index is -4.39. The van der Waals surface area contributed by atoms with Crippen LogP contribution in [0.4, 0.5) is 4.79 Å². The Morgan fingerprint density at radius 2 is 1.45 bits per heavy atom. The van der Waals surface area contributed by atoms with Crippen LogP contribution in [0.25, 0.3) is 11.1 Å². The van der Waals surface area contributed by atoms with Crippen molar-refractivity contribution >= 4 is 25.0 Å². The van der Waals surface area contributed by atoms with Crippen LogP contribution in [0.2, 0.25) is 0 Å². The zero-order valence-electron chi connectivity index (χ0n) is 17.4. The van der Waals surface area contributed by atoms with Crippen LogP contribution in [0.3, 0.4) is 0 Å². The number of ether oxygens (including phenoxy) is 1. The largest absolute Gasteiger partial charge is 0.480 e. The SMILES string of the molecule is O=C(N[C@@H](Cc1ccc(P(=O)(O)O)cc1)C(=O)O)OCC1c2ccccc2-c2ccccc21. The van der Waals surface area contributed by atoms with Crippen LogP contribution in [0.5, 0.6) is 0 Å². The van der Waals surface area contributed by atoms with Crippen LogP contribution in [-0.2, 0) is 20.5 Å². The molecule has 0 saturated heterocycles. The number of rotatable bonds is 7. The molecular formula is C24H22NO7P. The van der Waals surface area contributed by atoms with Crippen molar-refractivity contribution in [2.45, 2.75) is 18.4 Å². The summed E-state index contributed by atoms with van der Waals surface area (Å²) >= 11 is 0. The highest BCUT2D eigenvalue weighted by Crippen LogP contribution is 2.44. The summed E-state index contributed by atoms with van der Waals surface area (Å²) in [5, 5.41) is 11.7. The molecule has 4 N–H and O–H groups in total. The summed E-state index contributed by atoms with van der Waals surface area (Å²) in [6.07, 6.45) is -0.919. The standard InChI is InChI=1S/C24H22NO7P/c26-23(27)22(13-15-9-11-16(12-10-15)33(29,30)31)25-24(28)32-14-21-19-7-3-1-5-17(19)18-6-2-4-8-20(18)21/h1-12,21-22H,13-14H2,(H,25,28)(H,26,27)(H2,29,30,31)/t22-/m0/s1. The number of hydrogen-bond acceptors (Lipinski definition) is 4. The van der Waals surface area contributed by atoms with Gasteiger partial charge in [-0.3, -0.25) is 4.57 Å². The van der Waals surface area contributed by atoms with Gasteiger partial charge in [-0.05, 0) is 39.9 Å². The molecule has 0 saturated carbocycles. The third-order valence-electron chi connectivity index (χ3n) is 5.65. The van der Waals surface area contributed by atoms with E-state index in [-0.39, 0.29) is 24.3 Å². The van der Waals surface area contributed by atoms with E-state index in [0.717, 1.165) is 22.3 Å². The van der Waals surface area contributed by atoms with E-state index in [1.54, 1.807) is 0 Å². The minimum absolute atomic E-state index is 0.0587. The summed E-state index contributed by atoms with van der Waals surface area (Å²) in [5.41, 5.74) is 4.77. The van der Waals surface area contributed by atoms with Crippen molar-refractivity contribution in [3.05, 3.63) is 89.5 Å². The lowest BCUT2D eigenvalue weighted by atomic mass is 9.98. The second-order valence-electron chi connectivity index (χ2n) is 7.78. The maximum Gasteiger partial charge on any atom is 0.407 e. The fourth-order valence-corrected chi connectivity index (χ4v) is 4.58. The number of alkyl carbamates (subject to hydrolysis) is 1. The van der Waals surface area contributed by atoms with Gasteiger partial charge in [0.05, 0.1) is 5.30 Å². The predicted molar refractivity (Wildman–Crippen MR) is 121 cm³/mol. The van der Waals surface area contributed by atoms with Crippen molar-refractivity contribution in [3.8, 4) is 11.1 Å².